The first-order valence-corrected chi connectivity index (χ1v) is 7.14. The van der Waals surface area contributed by atoms with Crippen molar-refractivity contribution in [3.63, 3.8) is 0 Å². The second-order valence-corrected chi connectivity index (χ2v) is 5.34. The second-order valence-electron chi connectivity index (χ2n) is 4.53. The Labute approximate surface area is 134 Å². The van der Waals surface area contributed by atoms with Gasteiger partial charge in [-0.15, -0.1) is 0 Å². The first kappa shape index (κ1) is 15.5. The van der Waals surface area contributed by atoms with Crippen molar-refractivity contribution < 1.29 is 4.74 Å². The fourth-order valence-corrected chi connectivity index (χ4v) is 2.29. The summed E-state index contributed by atoms with van der Waals surface area (Å²) in [7, 11) is 0. The van der Waals surface area contributed by atoms with E-state index in [9.17, 15) is 0 Å². The molecule has 0 aliphatic carbocycles. The maximum Gasteiger partial charge on any atom is 0.174 e. The van der Waals surface area contributed by atoms with E-state index in [1.807, 2.05) is 49.4 Å². The van der Waals surface area contributed by atoms with Gasteiger partial charge in [-0.05, 0) is 42.3 Å². The predicted molar refractivity (Wildman–Crippen MR) is 86.1 cm³/mol. The molecule has 1 N–H and O–H groups in total. The Hall–Kier alpha value is -1.89. The minimum Gasteiger partial charge on any atom is -0.479 e. The number of ether oxygens (including phenoxy) is 1. The quantitative estimate of drug-likeness (QED) is 0.859. The number of nitriles is 1. The zero-order valence-electron chi connectivity index (χ0n) is 11.5. The molecule has 0 radical (unpaired) electrons. The van der Waals surface area contributed by atoms with Gasteiger partial charge in [-0.1, -0.05) is 35.3 Å². The second kappa shape index (κ2) is 7.21. The van der Waals surface area contributed by atoms with Gasteiger partial charge in [-0.25, -0.2) is 0 Å². The topological polar surface area (TPSA) is 45.0 Å². The molecular formula is C16H14Cl2N2O. The molecule has 0 aliphatic heterocycles. The number of rotatable bonds is 5. The molecule has 0 saturated carbocycles. The van der Waals surface area contributed by atoms with E-state index in [1.165, 1.54) is 0 Å². The first-order chi connectivity index (χ1) is 10.1. The Morgan fingerprint density at radius 1 is 1.19 bits per heavy atom. The van der Waals surface area contributed by atoms with Gasteiger partial charge < -0.3 is 10.1 Å². The van der Waals surface area contributed by atoms with Crippen LogP contribution in [0.15, 0.2) is 36.4 Å². The first-order valence-electron chi connectivity index (χ1n) is 6.38. The molecule has 2 aromatic rings. The third kappa shape index (κ3) is 4.29. The summed E-state index contributed by atoms with van der Waals surface area (Å²) in [5.74, 6) is 0.670. The summed E-state index contributed by atoms with van der Waals surface area (Å²) in [6.45, 7) is 2.53. The number of nitrogens with one attached hydrogen (secondary N) is 1. The molecular weight excluding hydrogens is 307 g/mol. The summed E-state index contributed by atoms with van der Waals surface area (Å²) in [6.07, 6.45) is 0. The van der Waals surface area contributed by atoms with Crippen molar-refractivity contribution in [2.24, 2.45) is 0 Å². The smallest absolute Gasteiger partial charge is 0.174 e. The summed E-state index contributed by atoms with van der Waals surface area (Å²) < 4.78 is 5.27. The van der Waals surface area contributed by atoms with Gasteiger partial charge in [0.25, 0.3) is 0 Å². The van der Waals surface area contributed by atoms with Crippen LogP contribution in [0.4, 0.5) is 5.69 Å². The predicted octanol–water partition coefficient (Wildman–Crippen LogP) is 4.82. The lowest BCUT2D eigenvalue weighted by atomic mass is 10.2. The Kier molecular flexibility index (Phi) is 5.32. The van der Waals surface area contributed by atoms with Crippen LogP contribution in [0.1, 0.15) is 11.1 Å². The molecule has 2 aromatic carbocycles. The largest absolute Gasteiger partial charge is 0.479 e. The lowest BCUT2D eigenvalue weighted by Gasteiger charge is -2.11. The lowest BCUT2D eigenvalue weighted by molar-refractivity contribution is 0.368. The van der Waals surface area contributed by atoms with Crippen LogP contribution in [-0.2, 0) is 6.54 Å². The summed E-state index contributed by atoms with van der Waals surface area (Å²) in [5, 5.41) is 13.1. The van der Waals surface area contributed by atoms with Crippen molar-refractivity contribution in [1.29, 1.82) is 5.26 Å². The minimum absolute atomic E-state index is 0.0380. The Morgan fingerprint density at radius 3 is 2.76 bits per heavy atom. The van der Waals surface area contributed by atoms with Gasteiger partial charge in [0.05, 0.1) is 10.7 Å². The number of halogens is 2. The maximum absolute atomic E-state index is 8.51. The van der Waals surface area contributed by atoms with E-state index in [2.05, 4.69) is 5.32 Å². The van der Waals surface area contributed by atoms with Crippen LogP contribution in [0.3, 0.4) is 0 Å². The molecule has 2 rings (SSSR count). The van der Waals surface area contributed by atoms with Gasteiger partial charge in [0, 0.05) is 11.6 Å². The van der Waals surface area contributed by atoms with Gasteiger partial charge in [0.15, 0.2) is 6.61 Å². The van der Waals surface area contributed by atoms with Gasteiger partial charge in [0.1, 0.15) is 11.8 Å². The highest BCUT2D eigenvalue weighted by molar-refractivity contribution is 6.35. The number of aryl methyl sites for hydroxylation is 1. The molecule has 0 aromatic heterocycles. The molecule has 21 heavy (non-hydrogen) atoms. The minimum atomic E-state index is 0.0380. The van der Waals surface area contributed by atoms with Crippen molar-refractivity contribution in [3.8, 4) is 11.8 Å². The monoisotopic (exact) mass is 320 g/mol. The van der Waals surface area contributed by atoms with E-state index in [-0.39, 0.29) is 6.61 Å². The average molecular weight is 321 g/mol. The van der Waals surface area contributed by atoms with E-state index in [0.29, 0.717) is 22.3 Å². The van der Waals surface area contributed by atoms with Crippen molar-refractivity contribution in [2.75, 3.05) is 11.9 Å². The number of hydrogen-bond donors (Lipinski definition) is 1. The van der Waals surface area contributed by atoms with Crippen LogP contribution >= 0.6 is 23.2 Å². The molecule has 0 heterocycles. The van der Waals surface area contributed by atoms with Crippen LogP contribution in [0.25, 0.3) is 0 Å². The number of anilines is 1. The number of hydrogen-bond acceptors (Lipinski definition) is 3. The van der Waals surface area contributed by atoms with Crippen LogP contribution in [0.2, 0.25) is 10.0 Å². The average Bonchev–Trinajstić information content (AvgIpc) is 2.48. The Bertz CT molecular complexity index is 680. The zero-order valence-corrected chi connectivity index (χ0v) is 13.0. The van der Waals surface area contributed by atoms with E-state index in [1.54, 1.807) is 0 Å². The van der Waals surface area contributed by atoms with Crippen LogP contribution in [-0.4, -0.2) is 6.61 Å². The lowest BCUT2D eigenvalue weighted by Crippen LogP contribution is -2.01. The van der Waals surface area contributed by atoms with Crippen molar-refractivity contribution in [3.05, 3.63) is 57.6 Å². The van der Waals surface area contributed by atoms with Crippen molar-refractivity contribution >= 4 is 28.9 Å². The van der Waals surface area contributed by atoms with Gasteiger partial charge in [-0.2, -0.15) is 5.26 Å². The third-order valence-electron chi connectivity index (χ3n) is 2.93. The van der Waals surface area contributed by atoms with Gasteiger partial charge >= 0.3 is 0 Å². The van der Waals surface area contributed by atoms with Gasteiger partial charge in [-0.3, -0.25) is 0 Å². The summed E-state index contributed by atoms with van der Waals surface area (Å²) in [6, 6.07) is 13.1. The Morgan fingerprint density at radius 2 is 2.00 bits per heavy atom. The van der Waals surface area contributed by atoms with Crippen molar-refractivity contribution in [1.82, 2.24) is 0 Å². The third-order valence-corrected chi connectivity index (χ3v) is 3.65. The van der Waals surface area contributed by atoms with E-state index >= 15 is 0 Å². The molecule has 0 fully saturated rings. The Balaban J connectivity index is 2.06. The standard InChI is InChI=1S/C16H14Cl2N2O/c1-11-7-15(18)16(9-14(11)17)20-10-12-3-2-4-13(8-12)21-6-5-19/h2-4,7-9,20H,6,10H2,1H3. The van der Waals surface area contributed by atoms with Crippen LogP contribution < -0.4 is 10.1 Å². The number of benzene rings is 2. The summed E-state index contributed by atoms with van der Waals surface area (Å²) in [4.78, 5) is 0. The fourth-order valence-electron chi connectivity index (χ4n) is 1.84. The molecule has 0 unspecified atom stereocenters. The van der Waals surface area contributed by atoms with Crippen molar-refractivity contribution in [2.45, 2.75) is 13.5 Å². The highest BCUT2D eigenvalue weighted by Crippen LogP contribution is 2.29. The van der Waals surface area contributed by atoms with Gasteiger partial charge in [0.2, 0.25) is 0 Å². The van der Waals surface area contributed by atoms with E-state index in [0.717, 1.165) is 16.8 Å². The molecule has 0 amide bonds. The van der Waals surface area contributed by atoms with E-state index in [4.69, 9.17) is 33.2 Å². The molecule has 0 bridgehead atoms. The summed E-state index contributed by atoms with van der Waals surface area (Å²) >= 11 is 12.3. The maximum atomic E-state index is 8.51. The SMILES string of the molecule is Cc1cc(Cl)c(NCc2cccc(OCC#N)c2)cc1Cl. The molecule has 0 aliphatic rings. The molecule has 0 atom stereocenters. The number of nitrogens with zero attached hydrogens (tertiary/aromatic N) is 1. The molecule has 5 heteroatoms. The highest BCUT2D eigenvalue weighted by Gasteiger charge is 2.05. The fraction of sp³-hybridized carbons (Fsp3) is 0.188. The molecule has 3 nitrogen and oxygen atoms in total. The molecule has 108 valence electrons. The molecule has 0 spiro atoms. The van der Waals surface area contributed by atoms with Crippen LogP contribution in [0.5, 0.6) is 5.75 Å². The highest BCUT2D eigenvalue weighted by atomic mass is 35.5. The zero-order chi connectivity index (χ0) is 15.2. The van der Waals surface area contributed by atoms with E-state index < -0.39 is 0 Å². The normalized spacial score (nSPS) is 10.0. The van der Waals surface area contributed by atoms with Crippen LogP contribution in [0, 0.1) is 18.3 Å². The molecule has 0 saturated heterocycles. The summed E-state index contributed by atoms with van der Waals surface area (Å²) in [5.41, 5.74) is 2.76.